The number of rotatable bonds is 2. The molecule has 82 valence electrons. The Labute approximate surface area is 92.0 Å². The first-order valence-electron chi connectivity index (χ1n) is 4.85. The van der Waals surface area contributed by atoms with Crippen molar-refractivity contribution in [1.29, 1.82) is 0 Å². The fourth-order valence-electron chi connectivity index (χ4n) is 1.51. The summed E-state index contributed by atoms with van der Waals surface area (Å²) in [5.74, 6) is -0.311. The number of aromatic nitrogens is 1. The third-order valence-electron chi connectivity index (χ3n) is 2.25. The van der Waals surface area contributed by atoms with Crippen LogP contribution in [0.5, 0.6) is 0 Å². The van der Waals surface area contributed by atoms with Gasteiger partial charge in [0.2, 0.25) is 0 Å². The van der Waals surface area contributed by atoms with E-state index in [1.165, 1.54) is 22.8 Å². The highest BCUT2D eigenvalue weighted by Crippen LogP contribution is 2.05. The molecule has 2 aromatic rings. The van der Waals surface area contributed by atoms with Crippen molar-refractivity contribution in [3.8, 4) is 0 Å². The number of pyridine rings is 1. The third kappa shape index (κ3) is 2.28. The van der Waals surface area contributed by atoms with Crippen molar-refractivity contribution in [3.05, 3.63) is 64.3 Å². The molecule has 0 aliphatic carbocycles. The molecule has 0 atom stereocenters. The SMILES string of the molecule is Nc1ccc(=O)n(Cc2cccc(F)c2)c1. The van der Waals surface area contributed by atoms with Gasteiger partial charge in [0.05, 0.1) is 6.54 Å². The summed E-state index contributed by atoms with van der Waals surface area (Å²) >= 11 is 0. The van der Waals surface area contributed by atoms with Crippen molar-refractivity contribution in [2.45, 2.75) is 6.54 Å². The number of nitrogen functional groups attached to an aromatic ring is 1. The first kappa shape index (κ1) is 10.4. The second kappa shape index (κ2) is 4.18. The molecule has 0 unspecified atom stereocenters. The molecule has 1 aromatic carbocycles. The number of anilines is 1. The van der Waals surface area contributed by atoms with Crippen molar-refractivity contribution >= 4 is 5.69 Å². The summed E-state index contributed by atoms with van der Waals surface area (Å²) in [6, 6.07) is 9.08. The minimum absolute atomic E-state index is 0.154. The molecule has 0 aliphatic heterocycles. The summed E-state index contributed by atoms with van der Waals surface area (Å²) in [7, 11) is 0. The van der Waals surface area contributed by atoms with Crippen LogP contribution in [0.15, 0.2) is 47.4 Å². The molecule has 1 aromatic heterocycles. The molecule has 0 fully saturated rings. The maximum Gasteiger partial charge on any atom is 0.250 e. The lowest BCUT2D eigenvalue weighted by atomic mass is 10.2. The Kier molecular flexibility index (Phi) is 2.72. The number of hydrogen-bond acceptors (Lipinski definition) is 2. The molecule has 3 nitrogen and oxygen atoms in total. The fraction of sp³-hybridized carbons (Fsp3) is 0.0833. The van der Waals surface area contributed by atoms with Crippen LogP contribution in [-0.2, 0) is 6.54 Å². The monoisotopic (exact) mass is 218 g/mol. The van der Waals surface area contributed by atoms with Crippen LogP contribution in [-0.4, -0.2) is 4.57 Å². The van der Waals surface area contributed by atoms with Crippen LogP contribution in [0.2, 0.25) is 0 Å². The number of hydrogen-bond donors (Lipinski definition) is 1. The zero-order chi connectivity index (χ0) is 11.5. The summed E-state index contributed by atoms with van der Waals surface area (Å²) < 4.78 is 14.4. The Hall–Kier alpha value is -2.10. The summed E-state index contributed by atoms with van der Waals surface area (Å²) in [6.07, 6.45) is 1.55. The largest absolute Gasteiger partial charge is 0.398 e. The van der Waals surface area contributed by atoms with Gasteiger partial charge >= 0.3 is 0 Å². The third-order valence-corrected chi connectivity index (χ3v) is 2.25. The van der Waals surface area contributed by atoms with Gasteiger partial charge in [-0.15, -0.1) is 0 Å². The molecular formula is C12H11FN2O. The lowest BCUT2D eigenvalue weighted by molar-refractivity contribution is 0.623. The number of nitrogens with zero attached hydrogens (tertiary/aromatic N) is 1. The number of nitrogens with two attached hydrogens (primary N) is 1. The first-order chi connectivity index (χ1) is 7.65. The number of benzene rings is 1. The molecule has 0 bridgehead atoms. The van der Waals surface area contributed by atoms with Gasteiger partial charge in [0.25, 0.3) is 5.56 Å². The van der Waals surface area contributed by atoms with Crippen molar-refractivity contribution in [2.75, 3.05) is 5.73 Å². The molecule has 1 heterocycles. The van der Waals surface area contributed by atoms with E-state index in [0.29, 0.717) is 12.2 Å². The summed E-state index contributed by atoms with van der Waals surface area (Å²) in [6.45, 7) is 0.321. The Balaban J connectivity index is 2.34. The maximum absolute atomic E-state index is 12.9. The lowest BCUT2D eigenvalue weighted by Gasteiger charge is -2.06. The highest BCUT2D eigenvalue weighted by molar-refractivity contribution is 5.33. The smallest absolute Gasteiger partial charge is 0.250 e. The highest BCUT2D eigenvalue weighted by Gasteiger charge is 1.99. The topological polar surface area (TPSA) is 48.0 Å². The van der Waals surface area contributed by atoms with E-state index in [1.807, 2.05) is 0 Å². The van der Waals surface area contributed by atoms with Gasteiger partial charge < -0.3 is 10.3 Å². The molecule has 2 rings (SSSR count). The van der Waals surface area contributed by atoms with Crippen molar-refractivity contribution in [2.24, 2.45) is 0 Å². The van der Waals surface area contributed by atoms with Crippen LogP contribution >= 0.6 is 0 Å². The van der Waals surface area contributed by atoms with Gasteiger partial charge in [0, 0.05) is 18.0 Å². The van der Waals surface area contributed by atoms with Crippen LogP contribution in [0.4, 0.5) is 10.1 Å². The van der Waals surface area contributed by atoms with Crippen molar-refractivity contribution in [1.82, 2.24) is 4.57 Å². The summed E-state index contributed by atoms with van der Waals surface area (Å²) in [5.41, 5.74) is 6.66. The van der Waals surface area contributed by atoms with E-state index in [9.17, 15) is 9.18 Å². The van der Waals surface area contributed by atoms with Crippen molar-refractivity contribution in [3.63, 3.8) is 0 Å². The van der Waals surface area contributed by atoms with E-state index in [1.54, 1.807) is 24.4 Å². The summed E-state index contributed by atoms with van der Waals surface area (Å²) in [5, 5.41) is 0. The number of halogens is 1. The molecule has 0 radical (unpaired) electrons. The molecule has 0 aliphatic rings. The predicted octanol–water partition coefficient (Wildman–Crippen LogP) is 1.62. The minimum Gasteiger partial charge on any atom is -0.398 e. The van der Waals surface area contributed by atoms with Gasteiger partial charge in [-0.2, -0.15) is 0 Å². The first-order valence-corrected chi connectivity index (χ1v) is 4.85. The Morgan fingerprint density at radius 2 is 2.06 bits per heavy atom. The normalized spacial score (nSPS) is 10.3. The van der Waals surface area contributed by atoms with Gasteiger partial charge in [-0.1, -0.05) is 12.1 Å². The van der Waals surface area contributed by atoms with E-state index in [0.717, 1.165) is 5.56 Å². The Morgan fingerprint density at radius 3 is 2.81 bits per heavy atom. The molecule has 0 saturated heterocycles. The van der Waals surface area contributed by atoms with Crippen LogP contribution in [0.1, 0.15) is 5.56 Å². The second-order valence-corrected chi connectivity index (χ2v) is 3.56. The fourth-order valence-corrected chi connectivity index (χ4v) is 1.51. The maximum atomic E-state index is 12.9. The lowest BCUT2D eigenvalue weighted by Crippen LogP contribution is -2.19. The standard InChI is InChI=1S/C12H11FN2O/c13-10-3-1-2-9(6-10)7-15-8-11(14)4-5-12(15)16/h1-6,8H,7,14H2. The average molecular weight is 218 g/mol. The quantitative estimate of drug-likeness (QED) is 0.832. The molecule has 0 amide bonds. The van der Waals surface area contributed by atoms with Gasteiger partial charge in [-0.3, -0.25) is 4.79 Å². The molecule has 4 heteroatoms. The van der Waals surface area contributed by atoms with Gasteiger partial charge in [-0.05, 0) is 23.8 Å². The Morgan fingerprint density at radius 1 is 1.25 bits per heavy atom. The highest BCUT2D eigenvalue weighted by atomic mass is 19.1. The molecular weight excluding hydrogens is 207 g/mol. The molecule has 2 N–H and O–H groups in total. The second-order valence-electron chi connectivity index (χ2n) is 3.56. The van der Waals surface area contributed by atoms with E-state index in [4.69, 9.17) is 5.73 Å². The predicted molar refractivity (Wildman–Crippen MR) is 60.6 cm³/mol. The molecule has 0 saturated carbocycles. The summed E-state index contributed by atoms with van der Waals surface area (Å²) in [4.78, 5) is 11.5. The minimum atomic E-state index is -0.311. The van der Waals surface area contributed by atoms with E-state index >= 15 is 0 Å². The molecule has 16 heavy (non-hydrogen) atoms. The van der Waals surface area contributed by atoms with Crippen LogP contribution in [0.3, 0.4) is 0 Å². The average Bonchev–Trinajstić information content (AvgIpc) is 2.24. The zero-order valence-electron chi connectivity index (χ0n) is 8.56. The van der Waals surface area contributed by atoms with Crippen LogP contribution in [0, 0.1) is 5.82 Å². The van der Waals surface area contributed by atoms with Gasteiger partial charge in [-0.25, -0.2) is 4.39 Å². The molecule has 0 spiro atoms. The van der Waals surface area contributed by atoms with E-state index < -0.39 is 0 Å². The van der Waals surface area contributed by atoms with Gasteiger partial charge in [0.15, 0.2) is 0 Å². The van der Waals surface area contributed by atoms with E-state index in [2.05, 4.69) is 0 Å². The van der Waals surface area contributed by atoms with Crippen LogP contribution in [0.25, 0.3) is 0 Å². The Bertz CT molecular complexity index is 563. The van der Waals surface area contributed by atoms with Crippen molar-refractivity contribution < 1.29 is 4.39 Å². The van der Waals surface area contributed by atoms with Gasteiger partial charge in [0.1, 0.15) is 5.82 Å². The zero-order valence-corrected chi connectivity index (χ0v) is 8.56. The van der Waals surface area contributed by atoms with Crippen LogP contribution < -0.4 is 11.3 Å². The van der Waals surface area contributed by atoms with E-state index in [-0.39, 0.29) is 11.4 Å².